The number of hydrogen-bond acceptors (Lipinski definition) is 4. The molecule has 0 saturated carbocycles. The van der Waals surface area contributed by atoms with Gasteiger partial charge in [-0.25, -0.2) is 4.79 Å². The van der Waals surface area contributed by atoms with E-state index in [1.165, 1.54) is 11.3 Å². The lowest BCUT2D eigenvalue weighted by Crippen LogP contribution is -2.14. The highest BCUT2D eigenvalue weighted by molar-refractivity contribution is 7.16. The van der Waals surface area contributed by atoms with Crippen LogP contribution in [0.25, 0.3) is 0 Å². The van der Waals surface area contributed by atoms with Gasteiger partial charge >= 0.3 is 5.97 Å². The highest BCUT2D eigenvalue weighted by atomic mass is 32.1. The van der Waals surface area contributed by atoms with Crippen molar-refractivity contribution in [1.29, 1.82) is 0 Å². The van der Waals surface area contributed by atoms with Crippen LogP contribution in [-0.2, 0) is 11.2 Å². The third-order valence-electron chi connectivity index (χ3n) is 2.89. The van der Waals surface area contributed by atoms with E-state index in [1.807, 2.05) is 13.0 Å². The van der Waals surface area contributed by atoms with Crippen LogP contribution in [0.3, 0.4) is 0 Å². The Labute approximate surface area is 127 Å². The van der Waals surface area contributed by atoms with Gasteiger partial charge in [0.2, 0.25) is 0 Å². The monoisotopic (exact) mass is 303 g/mol. The molecule has 2 rings (SSSR count). The SMILES string of the molecule is CCOC(=O)c1cc(CC)sc1NC(=O)c1ccccc1. The van der Waals surface area contributed by atoms with Crippen molar-refractivity contribution in [1.82, 2.24) is 0 Å². The molecular weight excluding hydrogens is 286 g/mol. The zero-order valence-corrected chi connectivity index (χ0v) is 12.8. The van der Waals surface area contributed by atoms with Gasteiger partial charge in [0.15, 0.2) is 0 Å². The number of hydrogen-bond donors (Lipinski definition) is 1. The fourth-order valence-corrected chi connectivity index (χ4v) is 2.81. The number of carbonyl (C=O) groups is 2. The average Bonchev–Trinajstić information content (AvgIpc) is 2.91. The summed E-state index contributed by atoms with van der Waals surface area (Å²) in [5, 5.41) is 3.34. The Morgan fingerprint density at radius 1 is 1.19 bits per heavy atom. The zero-order chi connectivity index (χ0) is 15.2. The van der Waals surface area contributed by atoms with Crippen LogP contribution >= 0.6 is 11.3 Å². The minimum atomic E-state index is -0.406. The van der Waals surface area contributed by atoms with Crippen molar-refractivity contribution in [3.8, 4) is 0 Å². The third-order valence-corrected chi connectivity index (χ3v) is 4.08. The first-order valence-corrected chi connectivity index (χ1v) is 7.63. The van der Waals surface area contributed by atoms with Gasteiger partial charge in [0.1, 0.15) is 5.00 Å². The van der Waals surface area contributed by atoms with Crippen molar-refractivity contribution in [2.24, 2.45) is 0 Å². The van der Waals surface area contributed by atoms with Crippen LogP contribution in [0, 0.1) is 0 Å². The van der Waals surface area contributed by atoms with Crippen LogP contribution in [0.1, 0.15) is 39.4 Å². The average molecular weight is 303 g/mol. The zero-order valence-electron chi connectivity index (χ0n) is 12.0. The van der Waals surface area contributed by atoms with Gasteiger partial charge in [-0.1, -0.05) is 25.1 Å². The van der Waals surface area contributed by atoms with Crippen molar-refractivity contribution in [3.05, 3.63) is 52.4 Å². The molecule has 1 aromatic heterocycles. The molecule has 4 nitrogen and oxygen atoms in total. The molecule has 0 aliphatic heterocycles. The van der Waals surface area contributed by atoms with Gasteiger partial charge in [-0.15, -0.1) is 11.3 Å². The molecule has 0 spiro atoms. The molecule has 2 aromatic rings. The predicted molar refractivity (Wildman–Crippen MR) is 84.0 cm³/mol. The van der Waals surface area contributed by atoms with E-state index in [1.54, 1.807) is 37.3 Å². The first-order valence-electron chi connectivity index (χ1n) is 6.82. The number of ether oxygens (including phenoxy) is 1. The lowest BCUT2D eigenvalue weighted by atomic mass is 10.2. The van der Waals surface area contributed by atoms with Crippen molar-refractivity contribution in [3.63, 3.8) is 0 Å². The van der Waals surface area contributed by atoms with E-state index in [0.29, 0.717) is 22.7 Å². The summed E-state index contributed by atoms with van der Waals surface area (Å²) < 4.78 is 5.03. The molecule has 0 aliphatic rings. The number of amides is 1. The minimum absolute atomic E-state index is 0.231. The fourth-order valence-electron chi connectivity index (χ4n) is 1.83. The lowest BCUT2D eigenvalue weighted by molar-refractivity contribution is 0.0528. The molecule has 21 heavy (non-hydrogen) atoms. The van der Waals surface area contributed by atoms with Crippen molar-refractivity contribution < 1.29 is 14.3 Å². The second-order valence-corrected chi connectivity index (χ2v) is 5.49. The number of nitrogens with one attached hydrogen (secondary N) is 1. The Hall–Kier alpha value is -2.14. The molecule has 0 aliphatic carbocycles. The van der Waals surface area contributed by atoms with E-state index in [9.17, 15) is 9.59 Å². The van der Waals surface area contributed by atoms with E-state index in [4.69, 9.17) is 4.74 Å². The van der Waals surface area contributed by atoms with Gasteiger partial charge in [0.05, 0.1) is 12.2 Å². The quantitative estimate of drug-likeness (QED) is 0.856. The number of rotatable bonds is 5. The fraction of sp³-hybridized carbons (Fsp3) is 0.250. The van der Waals surface area contributed by atoms with E-state index in [2.05, 4.69) is 5.32 Å². The lowest BCUT2D eigenvalue weighted by Gasteiger charge is -2.06. The van der Waals surface area contributed by atoms with Crippen molar-refractivity contribution in [2.75, 3.05) is 11.9 Å². The minimum Gasteiger partial charge on any atom is -0.462 e. The summed E-state index contributed by atoms with van der Waals surface area (Å²) in [5.74, 6) is -0.637. The molecule has 1 heterocycles. The predicted octanol–water partition coefficient (Wildman–Crippen LogP) is 3.74. The molecule has 0 atom stereocenters. The van der Waals surface area contributed by atoms with Gasteiger partial charge in [-0.05, 0) is 31.5 Å². The first-order chi connectivity index (χ1) is 10.2. The second kappa shape index (κ2) is 7.04. The molecule has 1 N–H and O–H groups in total. The Kier molecular flexibility index (Phi) is 5.11. The van der Waals surface area contributed by atoms with Crippen LogP contribution in [0.15, 0.2) is 36.4 Å². The number of carbonyl (C=O) groups excluding carboxylic acids is 2. The number of esters is 1. The number of benzene rings is 1. The Morgan fingerprint density at radius 2 is 1.90 bits per heavy atom. The van der Waals surface area contributed by atoms with Crippen molar-refractivity contribution in [2.45, 2.75) is 20.3 Å². The summed E-state index contributed by atoms with van der Waals surface area (Å²) in [6, 6.07) is 10.7. The van der Waals surface area contributed by atoms with Gasteiger partial charge in [-0.3, -0.25) is 4.79 Å². The molecule has 110 valence electrons. The van der Waals surface area contributed by atoms with Gasteiger partial charge in [-0.2, -0.15) is 0 Å². The first kappa shape index (κ1) is 15.3. The number of anilines is 1. The maximum absolute atomic E-state index is 12.2. The molecule has 5 heteroatoms. The molecule has 0 fully saturated rings. The Balaban J connectivity index is 2.24. The summed E-state index contributed by atoms with van der Waals surface area (Å²) in [4.78, 5) is 25.2. The standard InChI is InChI=1S/C16H17NO3S/c1-3-12-10-13(16(19)20-4-2)15(21-12)17-14(18)11-8-6-5-7-9-11/h5-10H,3-4H2,1-2H3,(H,17,18). The van der Waals surface area contributed by atoms with Crippen LogP contribution in [-0.4, -0.2) is 18.5 Å². The third kappa shape index (κ3) is 3.70. The summed E-state index contributed by atoms with van der Waals surface area (Å²) in [7, 11) is 0. The smallest absolute Gasteiger partial charge is 0.341 e. The van der Waals surface area contributed by atoms with Gasteiger partial charge < -0.3 is 10.1 Å². The van der Waals surface area contributed by atoms with Gasteiger partial charge in [0.25, 0.3) is 5.91 Å². The van der Waals surface area contributed by atoms with E-state index >= 15 is 0 Å². The highest BCUT2D eigenvalue weighted by Gasteiger charge is 2.19. The van der Waals surface area contributed by atoms with Crippen LogP contribution in [0.5, 0.6) is 0 Å². The highest BCUT2D eigenvalue weighted by Crippen LogP contribution is 2.29. The van der Waals surface area contributed by atoms with E-state index in [-0.39, 0.29) is 5.91 Å². The molecule has 0 saturated heterocycles. The summed E-state index contributed by atoms with van der Waals surface area (Å²) in [5.41, 5.74) is 0.974. The molecular formula is C16H17NO3S. The maximum atomic E-state index is 12.2. The summed E-state index contributed by atoms with van der Waals surface area (Å²) in [6.07, 6.45) is 0.804. The molecule has 0 bridgehead atoms. The summed E-state index contributed by atoms with van der Waals surface area (Å²) in [6.45, 7) is 4.07. The van der Waals surface area contributed by atoms with Crippen LogP contribution < -0.4 is 5.32 Å². The molecule has 1 aromatic carbocycles. The maximum Gasteiger partial charge on any atom is 0.341 e. The molecule has 0 unspecified atom stereocenters. The number of thiophene rings is 1. The Morgan fingerprint density at radius 3 is 2.52 bits per heavy atom. The van der Waals surface area contributed by atoms with E-state index < -0.39 is 5.97 Å². The number of aryl methyl sites for hydroxylation is 1. The largest absolute Gasteiger partial charge is 0.462 e. The summed E-state index contributed by atoms with van der Waals surface area (Å²) >= 11 is 1.40. The second-order valence-electron chi connectivity index (χ2n) is 4.35. The van der Waals surface area contributed by atoms with Gasteiger partial charge in [0, 0.05) is 10.4 Å². The molecule has 1 amide bonds. The van der Waals surface area contributed by atoms with E-state index in [0.717, 1.165) is 11.3 Å². The normalized spacial score (nSPS) is 10.2. The Bertz CT molecular complexity index is 634. The topological polar surface area (TPSA) is 55.4 Å². The van der Waals surface area contributed by atoms with Crippen LogP contribution in [0.2, 0.25) is 0 Å². The van der Waals surface area contributed by atoms with Crippen molar-refractivity contribution >= 4 is 28.2 Å². The molecule has 0 radical (unpaired) electrons. The van der Waals surface area contributed by atoms with Crippen LogP contribution in [0.4, 0.5) is 5.00 Å².